The maximum absolute atomic E-state index is 13.5. The molecule has 1 aliphatic heterocycles. The highest BCUT2D eigenvalue weighted by atomic mass is 79.9. The van der Waals surface area contributed by atoms with Gasteiger partial charge in [-0.3, -0.25) is 0 Å². The number of aliphatic hydroxyl groups is 1. The number of imidazole rings is 1. The van der Waals surface area contributed by atoms with E-state index in [-0.39, 0.29) is 11.5 Å². The molecule has 1 N–H and O–H groups in total. The molecule has 7 nitrogen and oxygen atoms in total. The molecule has 0 unspecified atom stereocenters. The van der Waals surface area contributed by atoms with E-state index in [1.54, 1.807) is 33.0 Å². The third-order valence-corrected chi connectivity index (χ3v) is 5.87. The molecule has 0 saturated carbocycles. The van der Waals surface area contributed by atoms with Crippen LogP contribution in [0.1, 0.15) is 31.3 Å². The number of aryl methyl sites for hydroxylation is 2. The highest BCUT2D eigenvalue weighted by Gasteiger charge is 2.43. The SMILES string of the molecule is Cc1nc(-c2cc(Br)ccc2-n2cc(C(C)(C)O)nc2C)c(-c2ccc3c(c2)OC(F)(F)O3)o1. The van der Waals surface area contributed by atoms with Gasteiger partial charge in [-0.15, -0.1) is 8.78 Å². The molecule has 0 amide bonds. The van der Waals surface area contributed by atoms with Crippen LogP contribution < -0.4 is 9.47 Å². The van der Waals surface area contributed by atoms with Gasteiger partial charge in [-0.05, 0) is 57.2 Å². The first-order chi connectivity index (χ1) is 15.9. The molecule has 0 saturated heterocycles. The lowest BCUT2D eigenvalue weighted by Crippen LogP contribution is -2.25. The molecule has 0 aliphatic carbocycles. The summed E-state index contributed by atoms with van der Waals surface area (Å²) in [7, 11) is 0. The molecule has 0 bridgehead atoms. The van der Waals surface area contributed by atoms with Gasteiger partial charge in [0.15, 0.2) is 23.1 Å². The minimum absolute atomic E-state index is 0.0529. The fourth-order valence-electron chi connectivity index (χ4n) is 3.81. The van der Waals surface area contributed by atoms with E-state index in [9.17, 15) is 13.9 Å². The standard InChI is InChI=1S/C24H20BrF2N3O4/c1-12-28-20(23(3,4)31)11-30(12)17-7-6-15(25)10-16(17)21-22(32-13(2)29-21)14-5-8-18-19(9-14)34-24(26,27)33-18/h5-11,31H,1-4H3. The summed E-state index contributed by atoms with van der Waals surface area (Å²) in [5.41, 5.74) is 1.89. The van der Waals surface area contributed by atoms with Crippen LogP contribution in [-0.2, 0) is 5.60 Å². The first-order valence-electron chi connectivity index (χ1n) is 10.4. The largest absolute Gasteiger partial charge is 0.586 e. The second kappa shape index (κ2) is 7.64. The molecular weight excluding hydrogens is 512 g/mol. The zero-order valence-corrected chi connectivity index (χ0v) is 20.3. The van der Waals surface area contributed by atoms with Gasteiger partial charge in [0, 0.05) is 28.7 Å². The van der Waals surface area contributed by atoms with Crippen LogP contribution in [0.4, 0.5) is 8.78 Å². The fraction of sp³-hybridized carbons (Fsp3) is 0.250. The lowest BCUT2D eigenvalue weighted by molar-refractivity contribution is -0.286. The summed E-state index contributed by atoms with van der Waals surface area (Å²) in [6.07, 6.45) is -1.94. The topological polar surface area (TPSA) is 82.5 Å². The van der Waals surface area contributed by atoms with Crippen molar-refractivity contribution in [2.75, 3.05) is 0 Å². The number of oxazole rings is 1. The lowest BCUT2D eigenvalue weighted by atomic mass is 10.0. The average Bonchev–Trinajstić information content (AvgIpc) is 3.40. The minimum atomic E-state index is -3.71. The number of nitrogens with zero attached hydrogens (tertiary/aromatic N) is 3. The molecule has 0 atom stereocenters. The van der Waals surface area contributed by atoms with E-state index in [1.807, 2.05) is 29.7 Å². The quantitative estimate of drug-likeness (QED) is 0.341. The summed E-state index contributed by atoms with van der Waals surface area (Å²) in [4.78, 5) is 9.11. The van der Waals surface area contributed by atoms with Gasteiger partial charge in [0.1, 0.15) is 17.1 Å². The van der Waals surface area contributed by atoms with Crippen molar-refractivity contribution >= 4 is 15.9 Å². The number of aromatic nitrogens is 3. The molecule has 0 radical (unpaired) electrons. The molecule has 176 valence electrons. The first kappa shape index (κ1) is 22.5. The highest BCUT2D eigenvalue weighted by molar-refractivity contribution is 9.10. The van der Waals surface area contributed by atoms with Crippen LogP contribution in [0.5, 0.6) is 11.5 Å². The van der Waals surface area contributed by atoms with E-state index < -0.39 is 11.9 Å². The van der Waals surface area contributed by atoms with Crippen LogP contribution in [0.2, 0.25) is 0 Å². The second-order valence-electron chi connectivity index (χ2n) is 8.50. The fourth-order valence-corrected chi connectivity index (χ4v) is 4.18. The molecule has 2 aromatic heterocycles. The van der Waals surface area contributed by atoms with E-state index in [0.717, 1.165) is 10.2 Å². The summed E-state index contributed by atoms with van der Waals surface area (Å²) in [6, 6.07) is 10.1. The van der Waals surface area contributed by atoms with Crippen molar-refractivity contribution in [3.05, 3.63) is 64.5 Å². The van der Waals surface area contributed by atoms with Crippen molar-refractivity contribution in [1.82, 2.24) is 14.5 Å². The van der Waals surface area contributed by atoms with Crippen molar-refractivity contribution < 1.29 is 27.8 Å². The number of fused-ring (bicyclic) bond motifs is 1. The maximum Gasteiger partial charge on any atom is 0.586 e. The molecule has 1 aliphatic rings. The number of benzene rings is 2. The van der Waals surface area contributed by atoms with Crippen LogP contribution >= 0.6 is 15.9 Å². The normalized spacial score (nSPS) is 14.6. The van der Waals surface area contributed by atoms with Gasteiger partial charge < -0.3 is 23.6 Å². The van der Waals surface area contributed by atoms with Crippen LogP contribution in [0, 0.1) is 13.8 Å². The van der Waals surface area contributed by atoms with Crippen LogP contribution in [0.15, 0.2) is 51.5 Å². The third-order valence-electron chi connectivity index (χ3n) is 5.38. The van der Waals surface area contributed by atoms with Gasteiger partial charge in [0.2, 0.25) is 0 Å². The van der Waals surface area contributed by atoms with E-state index >= 15 is 0 Å². The van der Waals surface area contributed by atoms with Crippen molar-refractivity contribution in [3.8, 4) is 39.8 Å². The van der Waals surface area contributed by atoms with Crippen molar-refractivity contribution in [3.63, 3.8) is 0 Å². The van der Waals surface area contributed by atoms with Crippen LogP contribution in [0.25, 0.3) is 28.3 Å². The van der Waals surface area contributed by atoms with E-state index in [1.165, 1.54) is 12.1 Å². The Morgan fingerprint density at radius 2 is 1.76 bits per heavy atom. The molecule has 5 rings (SSSR count). The monoisotopic (exact) mass is 531 g/mol. The Bertz CT molecular complexity index is 1420. The minimum Gasteiger partial charge on any atom is -0.440 e. The Morgan fingerprint density at radius 3 is 2.47 bits per heavy atom. The maximum atomic E-state index is 13.5. The smallest absolute Gasteiger partial charge is 0.440 e. The molecule has 10 heteroatoms. The van der Waals surface area contributed by atoms with Gasteiger partial charge in [-0.1, -0.05) is 15.9 Å². The van der Waals surface area contributed by atoms with E-state index in [0.29, 0.717) is 40.0 Å². The third kappa shape index (κ3) is 3.97. The summed E-state index contributed by atoms with van der Waals surface area (Å²) >= 11 is 3.52. The predicted molar refractivity (Wildman–Crippen MR) is 123 cm³/mol. The number of alkyl halides is 2. The number of hydrogen-bond acceptors (Lipinski definition) is 6. The summed E-state index contributed by atoms with van der Waals surface area (Å²) in [5, 5.41) is 10.4. The molecule has 0 spiro atoms. The molecule has 4 aromatic rings. The Hall–Kier alpha value is -3.24. The zero-order chi connectivity index (χ0) is 24.4. The Balaban J connectivity index is 1.67. The zero-order valence-electron chi connectivity index (χ0n) is 18.7. The summed E-state index contributed by atoms with van der Waals surface area (Å²) < 4.78 is 44.7. The van der Waals surface area contributed by atoms with Crippen LogP contribution in [0.3, 0.4) is 0 Å². The van der Waals surface area contributed by atoms with Gasteiger partial charge in [-0.25, -0.2) is 9.97 Å². The first-order valence-corrected chi connectivity index (χ1v) is 11.2. The highest BCUT2D eigenvalue weighted by Crippen LogP contribution is 2.45. The van der Waals surface area contributed by atoms with Crippen molar-refractivity contribution in [2.45, 2.75) is 39.6 Å². The van der Waals surface area contributed by atoms with E-state index in [2.05, 4.69) is 35.4 Å². The molecule has 3 heterocycles. The average molecular weight is 532 g/mol. The molecule has 0 fully saturated rings. The second-order valence-corrected chi connectivity index (χ2v) is 9.42. The molecular formula is C24H20BrF2N3O4. The van der Waals surface area contributed by atoms with Gasteiger partial charge in [0.25, 0.3) is 0 Å². The summed E-state index contributed by atoms with van der Waals surface area (Å²) in [5.74, 6) is 1.32. The Morgan fingerprint density at radius 1 is 1.03 bits per heavy atom. The number of halogens is 3. The predicted octanol–water partition coefficient (Wildman–Crippen LogP) is 6.12. The van der Waals surface area contributed by atoms with Crippen molar-refractivity contribution in [2.24, 2.45) is 0 Å². The number of rotatable bonds is 4. The Labute approximate surface area is 202 Å². The molecule has 34 heavy (non-hydrogen) atoms. The molecule has 2 aromatic carbocycles. The number of ether oxygens (including phenoxy) is 2. The lowest BCUT2D eigenvalue weighted by Gasteiger charge is -2.14. The van der Waals surface area contributed by atoms with Gasteiger partial charge in [-0.2, -0.15) is 0 Å². The van der Waals surface area contributed by atoms with Gasteiger partial charge >= 0.3 is 6.29 Å². The van der Waals surface area contributed by atoms with Crippen molar-refractivity contribution in [1.29, 1.82) is 0 Å². The Kier molecular flexibility index (Phi) is 5.07. The summed E-state index contributed by atoms with van der Waals surface area (Å²) in [6.45, 7) is 6.89. The number of hydrogen-bond donors (Lipinski definition) is 1. The van der Waals surface area contributed by atoms with Gasteiger partial charge in [0.05, 0.1) is 11.4 Å². The van der Waals surface area contributed by atoms with Crippen LogP contribution in [-0.4, -0.2) is 25.9 Å². The van der Waals surface area contributed by atoms with E-state index in [4.69, 9.17) is 4.42 Å².